The topological polar surface area (TPSA) is 53.8 Å². The maximum Gasteiger partial charge on any atom is 0.158 e. The molecule has 3 nitrogen and oxygen atoms in total. The van der Waals surface area contributed by atoms with Gasteiger partial charge < -0.3 is 0 Å². The third-order valence-electron chi connectivity index (χ3n) is 5.52. The highest BCUT2D eigenvalue weighted by molar-refractivity contribution is 5.93. The van der Waals surface area contributed by atoms with Crippen molar-refractivity contribution in [1.29, 1.82) is 5.26 Å². The highest BCUT2D eigenvalue weighted by atomic mass is 16.1. The Morgan fingerprint density at radius 2 is 1.89 bits per heavy atom. The van der Waals surface area contributed by atoms with Gasteiger partial charge in [0.2, 0.25) is 0 Å². The van der Waals surface area contributed by atoms with Crippen molar-refractivity contribution in [3.8, 4) is 6.07 Å². The van der Waals surface area contributed by atoms with Crippen LogP contribution in [0.1, 0.15) is 30.7 Å². The molecule has 5 unspecified atom stereocenters. The highest BCUT2D eigenvalue weighted by Crippen LogP contribution is 2.70. The van der Waals surface area contributed by atoms with Crippen molar-refractivity contribution < 1.29 is 4.79 Å². The molecule has 0 radical (unpaired) electrons. The molecular formula is C16H16N2O. The minimum atomic E-state index is -0.585. The molecule has 0 aromatic carbocycles. The third kappa shape index (κ3) is 1.49. The van der Waals surface area contributed by atoms with E-state index in [0.29, 0.717) is 11.8 Å². The molecule has 0 spiro atoms. The Balaban J connectivity index is 1.57. The molecule has 3 saturated carbocycles. The second-order valence-electron chi connectivity index (χ2n) is 6.26. The standard InChI is InChI=1S/C16H16N2O/c17-8-12(9-3-5-18-6-4-9)16(19)15-13-10-1-2-11(7-10)14(13)15/h3-6,10-15H,1-2,7H2. The quantitative estimate of drug-likeness (QED) is 0.830. The molecule has 1 aromatic rings. The molecule has 19 heavy (non-hydrogen) atoms. The van der Waals surface area contributed by atoms with Gasteiger partial charge in [-0.15, -0.1) is 0 Å². The fourth-order valence-electron chi connectivity index (χ4n) is 4.76. The molecule has 4 rings (SSSR count). The number of rotatable bonds is 3. The Hall–Kier alpha value is -1.69. The number of carbonyl (C=O) groups excluding carboxylic acids is 1. The molecule has 0 amide bonds. The van der Waals surface area contributed by atoms with Crippen LogP contribution in [0.5, 0.6) is 0 Å². The lowest BCUT2D eigenvalue weighted by molar-refractivity contribution is -0.121. The monoisotopic (exact) mass is 252 g/mol. The largest absolute Gasteiger partial charge is 0.298 e. The molecule has 0 N–H and O–H groups in total. The van der Waals surface area contributed by atoms with Crippen LogP contribution in [0.3, 0.4) is 0 Å². The fraction of sp³-hybridized carbons (Fsp3) is 0.562. The van der Waals surface area contributed by atoms with Crippen LogP contribution in [0, 0.1) is 40.9 Å². The van der Waals surface area contributed by atoms with Crippen molar-refractivity contribution in [2.75, 3.05) is 0 Å². The van der Waals surface area contributed by atoms with E-state index in [9.17, 15) is 10.1 Å². The first-order chi connectivity index (χ1) is 9.31. The molecule has 1 aromatic heterocycles. The first-order valence-corrected chi connectivity index (χ1v) is 7.14. The molecule has 1 heterocycles. The number of fused-ring (bicyclic) bond motifs is 5. The van der Waals surface area contributed by atoms with Gasteiger partial charge in [0, 0.05) is 18.3 Å². The van der Waals surface area contributed by atoms with Gasteiger partial charge in [0.15, 0.2) is 5.78 Å². The Labute approximate surface area is 112 Å². The Morgan fingerprint density at radius 1 is 1.26 bits per heavy atom. The van der Waals surface area contributed by atoms with Crippen LogP contribution in [-0.4, -0.2) is 10.8 Å². The molecule has 96 valence electrons. The molecule has 3 aliphatic rings. The summed E-state index contributed by atoms with van der Waals surface area (Å²) in [5.41, 5.74) is 0.805. The van der Waals surface area contributed by atoms with E-state index in [4.69, 9.17) is 0 Å². The zero-order valence-corrected chi connectivity index (χ0v) is 10.7. The summed E-state index contributed by atoms with van der Waals surface area (Å²) in [5, 5.41) is 9.35. The number of pyridine rings is 1. The van der Waals surface area contributed by atoms with Crippen LogP contribution < -0.4 is 0 Å². The molecule has 3 aliphatic carbocycles. The molecular weight excluding hydrogens is 236 g/mol. The summed E-state index contributed by atoms with van der Waals surface area (Å²) < 4.78 is 0. The summed E-state index contributed by atoms with van der Waals surface area (Å²) in [6.07, 6.45) is 7.27. The van der Waals surface area contributed by atoms with E-state index in [1.54, 1.807) is 24.5 Å². The summed E-state index contributed by atoms with van der Waals surface area (Å²) in [6.45, 7) is 0. The lowest BCUT2D eigenvalue weighted by Crippen LogP contribution is -2.17. The van der Waals surface area contributed by atoms with E-state index in [1.807, 2.05) is 0 Å². The van der Waals surface area contributed by atoms with E-state index >= 15 is 0 Å². The van der Waals surface area contributed by atoms with Crippen LogP contribution in [0.15, 0.2) is 24.5 Å². The number of carbonyl (C=O) groups is 1. The highest BCUT2D eigenvalue weighted by Gasteiger charge is 2.67. The van der Waals surface area contributed by atoms with Gasteiger partial charge in [-0.05, 0) is 60.6 Å². The van der Waals surface area contributed by atoms with Gasteiger partial charge in [0.25, 0.3) is 0 Å². The summed E-state index contributed by atoms with van der Waals surface area (Å²) in [4.78, 5) is 16.6. The van der Waals surface area contributed by atoms with Crippen LogP contribution in [0.25, 0.3) is 0 Å². The first kappa shape index (κ1) is 11.2. The lowest BCUT2D eigenvalue weighted by Gasteiger charge is -2.11. The molecule has 5 atom stereocenters. The average molecular weight is 252 g/mol. The van der Waals surface area contributed by atoms with Crippen molar-refractivity contribution in [3.63, 3.8) is 0 Å². The Morgan fingerprint density at radius 3 is 2.47 bits per heavy atom. The Bertz CT molecular complexity index is 546. The fourth-order valence-corrected chi connectivity index (χ4v) is 4.76. The molecule has 0 saturated heterocycles. The van der Waals surface area contributed by atoms with Crippen LogP contribution in [-0.2, 0) is 4.79 Å². The number of nitrogens with zero attached hydrogens (tertiary/aromatic N) is 2. The maximum atomic E-state index is 12.6. The van der Waals surface area contributed by atoms with Crippen molar-refractivity contribution in [2.24, 2.45) is 29.6 Å². The normalized spacial score (nSPS) is 39.4. The minimum Gasteiger partial charge on any atom is -0.298 e. The van der Waals surface area contributed by atoms with Gasteiger partial charge in [-0.25, -0.2) is 0 Å². The van der Waals surface area contributed by atoms with E-state index in [0.717, 1.165) is 17.4 Å². The summed E-state index contributed by atoms with van der Waals surface area (Å²) in [7, 11) is 0. The van der Waals surface area contributed by atoms with Crippen LogP contribution in [0.4, 0.5) is 0 Å². The summed E-state index contributed by atoms with van der Waals surface area (Å²) in [6, 6.07) is 5.78. The zero-order chi connectivity index (χ0) is 13.0. The van der Waals surface area contributed by atoms with E-state index in [2.05, 4.69) is 11.1 Å². The van der Waals surface area contributed by atoms with Gasteiger partial charge in [-0.1, -0.05) is 0 Å². The van der Waals surface area contributed by atoms with E-state index in [-0.39, 0.29) is 11.7 Å². The number of hydrogen-bond donors (Lipinski definition) is 0. The predicted octanol–water partition coefficient (Wildman–Crippen LogP) is 2.55. The second-order valence-corrected chi connectivity index (χ2v) is 6.26. The van der Waals surface area contributed by atoms with Crippen LogP contribution >= 0.6 is 0 Å². The molecule has 2 bridgehead atoms. The number of hydrogen-bond acceptors (Lipinski definition) is 3. The number of Topliss-reactive ketones (excluding diaryl/α,β-unsaturated/α-hetero) is 1. The first-order valence-electron chi connectivity index (χ1n) is 7.14. The minimum absolute atomic E-state index is 0.167. The van der Waals surface area contributed by atoms with Crippen molar-refractivity contribution in [3.05, 3.63) is 30.1 Å². The van der Waals surface area contributed by atoms with Gasteiger partial charge in [0.05, 0.1) is 6.07 Å². The molecule has 0 aliphatic heterocycles. The predicted molar refractivity (Wildman–Crippen MR) is 68.9 cm³/mol. The SMILES string of the molecule is N#CC(C(=O)C1C2C3CCC(C3)C12)c1ccncc1. The summed E-state index contributed by atoms with van der Waals surface area (Å²) in [5.74, 6) is 2.55. The van der Waals surface area contributed by atoms with Crippen molar-refractivity contribution in [2.45, 2.75) is 25.2 Å². The Kier molecular flexibility index (Phi) is 2.29. The number of ketones is 1. The second kappa shape index (κ2) is 3.90. The summed E-state index contributed by atoms with van der Waals surface area (Å²) >= 11 is 0. The molecule has 3 fully saturated rings. The zero-order valence-electron chi connectivity index (χ0n) is 10.7. The van der Waals surface area contributed by atoms with Gasteiger partial charge in [-0.2, -0.15) is 5.26 Å². The maximum absolute atomic E-state index is 12.6. The van der Waals surface area contributed by atoms with Crippen molar-refractivity contribution >= 4 is 5.78 Å². The van der Waals surface area contributed by atoms with Crippen molar-refractivity contribution in [1.82, 2.24) is 4.98 Å². The van der Waals surface area contributed by atoms with Crippen LogP contribution in [0.2, 0.25) is 0 Å². The van der Waals surface area contributed by atoms with Gasteiger partial charge in [-0.3, -0.25) is 9.78 Å². The third-order valence-corrected chi connectivity index (χ3v) is 5.52. The average Bonchev–Trinajstić information content (AvgIpc) is 2.89. The smallest absolute Gasteiger partial charge is 0.158 e. The number of aromatic nitrogens is 1. The molecule has 3 heteroatoms. The van der Waals surface area contributed by atoms with Gasteiger partial charge in [0.1, 0.15) is 5.92 Å². The van der Waals surface area contributed by atoms with E-state index in [1.165, 1.54) is 19.3 Å². The van der Waals surface area contributed by atoms with E-state index < -0.39 is 5.92 Å². The number of nitriles is 1. The van der Waals surface area contributed by atoms with Gasteiger partial charge >= 0.3 is 0 Å². The lowest BCUT2D eigenvalue weighted by atomic mass is 9.89.